The molecule has 2 heterocycles. The van der Waals surface area contributed by atoms with Gasteiger partial charge in [-0.05, 0) is 12.0 Å². The van der Waals surface area contributed by atoms with Crippen molar-refractivity contribution in [1.82, 2.24) is 10.6 Å². The van der Waals surface area contributed by atoms with Crippen molar-refractivity contribution in [3.05, 3.63) is 29.3 Å². The van der Waals surface area contributed by atoms with Crippen LogP contribution >= 0.6 is 0 Å². The minimum absolute atomic E-state index is 0.247. The van der Waals surface area contributed by atoms with Crippen LogP contribution < -0.4 is 16.0 Å². The second kappa shape index (κ2) is 3.73. The van der Waals surface area contributed by atoms with Crippen molar-refractivity contribution in [2.45, 2.75) is 25.3 Å². The largest absolute Gasteiger partial charge is 0.384 e. The van der Waals surface area contributed by atoms with Crippen LogP contribution in [0.2, 0.25) is 0 Å². The van der Waals surface area contributed by atoms with Gasteiger partial charge in [0.2, 0.25) is 0 Å². The van der Waals surface area contributed by atoms with Crippen molar-refractivity contribution >= 4 is 17.6 Å². The first kappa shape index (κ1) is 11.1. The molecular weight excluding hydrogens is 230 g/mol. The average molecular weight is 245 g/mol. The molecule has 3 amide bonds. The summed E-state index contributed by atoms with van der Waals surface area (Å²) in [7, 11) is 0. The van der Waals surface area contributed by atoms with Crippen LogP contribution in [-0.4, -0.2) is 18.5 Å². The van der Waals surface area contributed by atoms with Gasteiger partial charge >= 0.3 is 6.03 Å². The summed E-state index contributed by atoms with van der Waals surface area (Å²) in [6, 6.07) is 5.48. The maximum absolute atomic E-state index is 12.1. The predicted molar refractivity (Wildman–Crippen MR) is 67.3 cm³/mol. The molecule has 1 aromatic rings. The molecule has 0 aromatic heterocycles. The van der Waals surface area contributed by atoms with E-state index in [1.54, 1.807) is 0 Å². The van der Waals surface area contributed by atoms with Crippen LogP contribution in [0.25, 0.3) is 0 Å². The molecule has 5 nitrogen and oxygen atoms in total. The van der Waals surface area contributed by atoms with E-state index in [1.165, 1.54) is 5.56 Å². The molecule has 1 aromatic carbocycles. The smallest absolute Gasteiger partial charge is 0.322 e. The third kappa shape index (κ3) is 1.33. The lowest BCUT2D eigenvalue weighted by atomic mass is 9.81. The lowest BCUT2D eigenvalue weighted by Gasteiger charge is -2.34. The van der Waals surface area contributed by atoms with E-state index in [-0.39, 0.29) is 5.91 Å². The number of aryl methyl sites for hydroxylation is 1. The van der Waals surface area contributed by atoms with Crippen LogP contribution in [0.4, 0.5) is 10.5 Å². The van der Waals surface area contributed by atoms with Gasteiger partial charge in [-0.3, -0.25) is 10.1 Å². The number of benzene rings is 1. The second-order valence-electron chi connectivity index (χ2n) is 4.68. The molecule has 3 N–H and O–H groups in total. The number of carbonyl (C=O) groups is 2. The van der Waals surface area contributed by atoms with Crippen LogP contribution in [0.15, 0.2) is 18.2 Å². The summed E-state index contributed by atoms with van der Waals surface area (Å²) in [6.45, 7) is 2.75. The number of nitrogens with one attached hydrogen (secondary N) is 3. The summed E-state index contributed by atoms with van der Waals surface area (Å²) in [4.78, 5) is 23.5. The maximum Gasteiger partial charge on any atom is 0.322 e. The van der Waals surface area contributed by atoms with E-state index in [1.807, 2.05) is 18.2 Å². The Morgan fingerprint density at radius 2 is 2.17 bits per heavy atom. The Morgan fingerprint density at radius 1 is 1.33 bits per heavy atom. The summed E-state index contributed by atoms with van der Waals surface area (Å²) in [5, 5.41) is 8.46. The van der Waals surface area contributed by atoms with E-state index < -0.39 is 11.6 Å². The molecule has 1 fully saturated rings. The molecule has 1 saturated heterocycles. The fourth-order valence-corrected chi connectivity index (χ4v) is 2.83. The Hall–Kier alpha value is -2.04. The lowest BCUT2D eigenvalue weighted by molar-refractivity contribution is -0.124. The van der Waals surface area contributed by atoms with Crippen LogP contribution in [-0.2, 0) is 16.8 Å². The second-order valence-corrected chi connectivity index (χ2v) is 4.68. The number of fused-ring (bicyclic) bond motifs is 2. The minimum Gasteiger partial charge on any atom is -0.384 e. The van der Waals surface area contributed by atoms with Gasteiger partial charge in [0.1, 0.15) is 5.54 Å². The Morgan fingerprint density at radius 3 is 2.83 bits per heavy atom. The van der Waals surface area contributed by atoms with Gasteiger partial charge in [0.15, 0.2) is 0 Å². The zero-order valence-corrected chi connectivity index (χ0v) is 10.2. The van der Waals surface area contributed by atoms with Gasteiger partial charge in [-0.1, -0.05) is 25.1 Å². The number of anilines is 1. The van der Waals surface area contributed by atoms with Crippen LogP contribution in [0, 0.1) is 0 Å². The topological polar surface area (TPSA) is 70.2 Å². The number of carbonyl (C=O) groups excluding carboxylic acids is 2. The first-order chi connectivity index (χ1) is 8.67. The SMILES string of the molecule is CCc1cccc2c1NCCC21NC(=O)NC1=O. The molecule has 0 bridgehead atoms. The molecule has 2 aliphatic heterocycles. The predicted octanol–water partition coefficient (Wildman–Crippen LogP) is 1.10. The number of imide groups is 1. The van der Waals surface area contributed by atoms with E-state index in [2.05, 4.69) is 22.9 Å². The third-order valence-corrected chi connectivity index (χ3v) is 3.73. The molecule has 1 spiro atoms. The molecule has 0 radical (unpaired) electrons. The standard InChI is InChI=1S/C13H15N3O2/c1-2-8-4-3-5-9-10(8)14-7-6-13(9)11(17)15-12(18)16-13/h3-5,14H,2,6-7H2,1H3,(H2,15,16,17,18). The average Bonchev–Trinajstić information content (AvgIpc) is 2.65. The Labute approximate surface area is 105 Å². The van der Waals surface area contributed by atoms with Gasteiger partial charge in [-0.25, -0.2) is 4.79 Å². The Bertz CT molecular complexity index is 541. The molecule has 1 atom stereocenters. The Balaban J connectivity index is 2.18. The van der Waals surface area contributed by atoms with Gasteiger partial charge in [-0.2, -0.15) is 0 Å². The Kier molecular flexibility index (Phi) is 2.29. The van der Waals surface area contributed by atoms with Crippen molar-refractivity contribution in [3.63, 3.8) is 0 Å². The molecule has 2 aliphatic rings. The van der Waals surface area contributed by atoms with Crippen molar-refractivity contribution < 1.29 is 9.59 Å². The third-order valence-electron chi connectivity index (χ3n) is 3.73. The van der Waals surface area contributed by atoms with Gasteiger partial charge < -0.3 is 10.6 Å². The molecule has 1 unspecified atom stereocenters. The molecule has 94 valence electrons. The quantitative estimate of drug-likeness (QED) is 0.649. The fraction of sp³-hybridized carbons (Fsp3) is 0.385. The summed E-state index contributed by atoms with van der Waals surface area (Å²) < 4.78 is 0. The highest BCUT2D eigenvalue weighted by Crippen LogP contribution is 2.39. The molecule has 5 heteroatoms. The molecule has 0 saturated carbocycles. The molecule has 3 rings (SSSR count). The fourth-order valence-electron chi connectivity index (χ4n) is 2.83. The lowest BCUT2D eigenvalue weighted by Crippen LogP contribution is -2.48. The van der Waals surface area contributed by atoms with Gasteiger partial charge in [-0.15, -0.1) is 0 Å². The van der Waals surface area contributed by atoms with Crippen molar-refractivity contribution in [1.29, 1.82) is 0 Å². The normalized spacial score (nSPS) is 25.4. The zero-order chi connectivity index (χ0) is 12.8. The van der Waals surface area contributed by atoms with Crippen molar-refractivity contribution in [3.8, 4) is 0 Å². The number of urea groups is 1. The highest BCUT2D eigenvalue weighted by atomic mass is 16.2. The maximum atomic E-state index is 12.1. The number of rotatable bonds is 1. The summed E-state index contributed by atoms with van der Waals surface area (Å²) in [6.07, 6.45) is 1.46. The summed E-state index contributed by atoms with van der Waals surface area (Å²) >= 11 is 0. The summed E-state index contributed by atoms with van der Waals surface area (Å²) in [5.41, 5.74) is 2.14. The first-order valence-corrected chi connectivity index (χ1v) is 6.17. The number of hydrogen-bond donors (Lipinski definition) is 3. The number of hydrogen-bond acceptors (Lipinski definition) is 3. The summed E-state index contributed by atoms with van der Waals surface area (Å²) in [5.74, 6) is -0.247. The van der Waals surface area contributed by atoms with Crippen LogP contribution in [0.3, 0.4) is 0 Å². The van der Waals surface area contributed by atoms with Gasteiger partial charge in [0.05, 0.1) is 0 Å². The van der Waals surface area contributed by atoms with E-state index in [0.29, 0.717) is 13.0 Å². The highest BCUT2D eigenvalue weighted by molar-refractivity contribution is 6.08. The van der Waals surface area contributed by atoms with E-state index >= 15 is 0 Å². The zero-order valence-electron chi connectivity index (χ0n) is 10.2. The van der Waals surface area contributed by atoms with Crippen LogP contribution in [0.5, 0.6) is 0 Å². The molecular formula is C13H15N3O2. The number of amides is 3. The minimum atomic E-state index is -0.886. The van der Waals surface area contributed by atoms with E-state index in [9.17, 15) is 9.59 Å². The highest BCUT2D eigenvalue weighted by Gasteiger charge is 2.50. The van der Waals surface area contributed by atoms with Crippen molar-refractivity contribution in [2.75, 3.05) is 11.9 Å². The first-order valence-electron chi connectivity index (χ1n) is 6.17. The molecule has 0 aliphatic carbocycles. The van der Waals surface area contributed by atoms with Crippen molar-refractivity contribution in [2.24, 2.45) is 0 Å². The van der Waals surface area contributed by atoms with Gasteiger partial charge in [0.25, 0.3) is 5.91 Å². The molecule has 18 heavy (non-hydrogen) atoms. The number of para-hydroxylation sites is 1. The monoisotopic (exact) mass is 245 g/mol. The van der Waals surface area contributed by atoms with Gasteiger partial charge in [0, 0.05) is 24.2 Å². The van der Waals surface area contributed by atoms with E-state index in [0.717, 1.165) is 17.7 Å². The van der Waals surface area contributed by atoms with Crippen LogP contribution in [0.1, 0.15) is 24.5 Å². The van der Waals surface area contributed by atoms with E-state index in [4.69, 9.17) is 0 Å².